The summed E-state index contributed by atoms with van der Waals surface area (Å²) in [7, 11) is 0. The van der Waals surface area contributed by atoms with Gasteiger partial charge in [0, 0.05) is 18.3 Å². The van der Waals surface area contributed by atoms with Crippen molar-refractivity contribution >= 4 is 23.3 Å². The molecule has 4 nitrogen and oxygen atoms in total. The van der Waals surface area contributed by atoms with Gasteiger partial charge in [-0.2, -0.15) is 0 Å². The Labute approximate surface area is 50.2 Å². The third-order valence-electron chi connectivity index (χ3n) is 0.247. The molecule has 0 aromatic heterocycles. The van der Waals surface area contributed by atoms with E-state index >= 15 is 0 Å². The summed E-state index contributed by atoms with van der Waals surface area (Å²) in [5.74, 6) is 0. The molecule has 0 aliphatic heterocycles. The zero-order valence-corrected chi connectivity index (χ0v) is 5.78. The van der Waals surface area contributed by atoms with Crippen molar-refractivity contribution in [1.29, 1.82) is 0 Å². The summed E-state index contributed by atoms with van der Waals surface area (Å²) in [6, 6.07) is 0. The summed E-state index contributed by atoms with van der Waals surface area (Å²) in [6.07, 6.45) is 0. The smallest absolute Gasteiger partial charge is 0.316 e. The van der Waals surface area contributed by atoms with Crippen LogP contribution in [0, 0.1) is 0 Å². The minimum absolute atomic E-state index is 0.0394. The van der Waals surface area contributed by atoms with Gasteiger partial charge in [0.15, 0.2) is 5.12 Å². The monoisotopic (exact) mass is 156 g/mol. The molecule has 0 radical (unpaired) electrons. The molecule has 0 amide bonds. The molecule has 0 heterocycles. The second kappa shape index (κ2) is 2.64. The van der Waals surface area contributed by atoms with Crippen LogP contribution in [0.2, 0.25) is 0 Å². The first kappa shape index (κ1) is 8.17. The summed E-state index contributed by atoms with van der Waals surface area (Å²) in [5.41, 5.74) is 0. The minimum Gasteiger partial charge on any atom is -0.316 e. The molecule has 8 heavy (non-hydrogen) atoms. The van der Waals surface area contributed by atoms with E-state index in [1.807, 2.05) is 0 Å². The van der Waals surface area contributed by atoms with Crippen molar-refractivity contribution in [3.05, 3.63) is 0 Å². The quantitative estimate of drug-likeness (QED) is 0.536. The molecule has 0 rings (SSSR count). The number of rotatable bonds is 1. The van der Waals surface area contributed by atoms with E-state index in [-0.39, 0.29) is 11.4 Å². The lowest BCUT2D eigenvalue weighted by Crippen LogP contribution is -1.79. The molecule has 0 aliphatic rings. The Morgan fingerprint density at radius 1 is 1.62 bits per heavy atom. The molecular weight excluding hydrogens is 151 g/mol. The molecule has 48 valence electrons. The lowest BCUT2D eigenvalue weighted by molar-refractivity contribution is -0.109. The molecule has 2 N–H and O–H groups in total. The van der Waals surface area contributed by atoms with Gasteiger partial charge in [0.2, 0.25) is 0 Å². The summed E-state index contributed by atoms with van der Waals surface area (Å²) in [5, 5.41) is -0.571. The zero-order chi connectivity index (χ0) is 6.78. The van der Waals surface area contributed by atoms with Crippen molar-refractivity contribution in [2.45, 2.75) is 6.92 Å². The lowest BCUT2D eigenvalue weighted by Gasteiger charge is -1.94. The van der Waals surface area contributed by atoms with E-state index in [0.717, 1.165) is 6.92 Å². The Morgan fingerprint density at radius 2 is 2.00 bits per heavy atom. The molecule has 6 heteroatoms. The van der Waals surface area contributed by atoms with Crippen LogP contribution in [0.1, 0.15) is 6.92 Å². The fraction of sp³-hybridized carbons (Fsp3) is 0.500. The minimum atomic E-state index is -4.15. The van der Waals surface area contributed by atoms with Crippen molar-refractivity contribution in [3.8, 4) is 0 Å². The molecule has 0 bridgehead atoms. The van der Waals surface area contributed by atoms with Crippen LogP contribution in [0.25, 0.3) is 0 Å². The summed E-state index contributed by atoms with van der Waals surface area (Å²) in [4.78, 5) is 26.0. The second-order valence-corrected chi connectivity index (χ2v) is 4.79. The molecule has 0 spiro atoms. The molecule has 0 unspecified atom stereocenters. The van der Waals surface area contributed by atoms with E-state index in [2.05, 4.69) is 0 Å². The lowest BCUT2D eigenvalue weighted by atomic mass is 10.9. The predicted octanol–water partition coefficient (Wildman–Crippen LogP) is 0.359. The number of hydrogen-bond donors (Lipinski definition) is 2. The van der Waals surface area contributed by atoms with Crippen LogP contribution in [-0.4, -0.2) is 14.9 Å². The Morgan fingerprint density at radius 3 is 2.00 bits per heavy atom. The van der Waals surface area contributed by atoms with E-state index in [9.17, 15) is 9.36 Å². The van der Waals surface area contributed by atoms with Gasteiger partial charge in [-0.1, -0.05) is 0 Å². The zero-order valence-electron chi connectivity index (χ0n) is 4.07. The maximum Gasteiger partial charge on any atom is 0.391 e. The Hall–Kier alpha value is 0.170. The topological polar surface area (TPSA) is 74.6 Å². The van der Waals surface area contributed by atoms with Crippen molar-refractivity contribution in [1.82, 2.24) is 0 Å². The summed E-state index contributed by atoms with van der Waals surface area (Å²) >= 11 is 0.0394. The number of carbonyl (C=O) groups excluding carboxylic acids is 1. The van der Waals surface area contributed by atoms with Gasteiger partial charge in [-0.25, -0.2) is 4.57 Å². The summed E-state index contributed by atoms with van der Waals surface area (Å²) < 4.78 is 9.88. The Kier molecular flexibility index (Phi) is 2.70. The Bertz CT molecular complexity index is 137. The van der Waals surface area contributed by atoms with Gasteiger partial charge >= 0.3 is 6.80 Å². The molecule has 0 aliphatic carbocycles. The molecule has 0 saturated heterocycles. The van der Waals surface area contributed by atoms with Crippen LogP contribution in [0.15, 0.2) is 0 Å². The molecule has 0 aromatic rings. The average molecular weight is 156 g/mol. The highest BCUT2D eigenvalue weighted by Gasteiger charge is 2.16. The molecular formula is C2H5O4PS. The molecule has 0 aromatic carbocycles. The average Bonchev–Trinajstić information content (AvgIpc) is 1.21. The highest BCUT2D eigenvalue weighted by molar-refractivity contribution is 8.61. The van der Waals surface area contributed by atoms with E-state index in [1.165, 1.54) is 0 Å². The first-order chi connectivity index (χ1) is 3.42. The van der Waals surface area contributed by atoms with E-state index in [4.69, 9.17) is 9.79 Å². The van der Waals surface area contributed by atoms with Crippen LogP contribution in [0.4, 0.5) is 0 Å². The standard InChI is InChI=1S/C2H5O4PS/c1-2(3)8-7(4,5)6/h1H3,(H2,4,5,6). The van der Waals surface area contributed by atoms with Crippen LogP contribution >= 0.6 is 18.2 Å². The fourth-order valence-electron chi connectivity index (χ4n) is 0.167. The third kappa shape index (κ3) is 6.17. The van der Waals surface area contributed by atoms with Crippen LogP contribution < -0.4 is 0 Å². The highest BCUT2D eigenvalue weighted by Crippen LogP contribution is 2.50. The highest BCUT2D eigenvalue weighted by atomic mass is 32.7. The molecule has 0 fully saturated rings. The van der Waals surface area contributed by atoms with E-state index in [0.29, 0.717) is 0 Å². The summed E-state index contributed by atoms with van der Waals surface area (Å²) in [6.45, 7) is -3.05. The molecule has 0 atom stereocenters. The van der Waals surface area contributed by atoms with Gasteiger partial charge in [-0.05, 0) is 0 Å². The number of carbonyl (C=O) groups is 1. The Balaban J connectivity index is 3.74. The van der Waals surface area contributed by atoms with Crippen molar-refractivity contribution < 1.29 is 19.1 Å². The van der Waals surface area contributed by atoms with E-state index < -0.39 is 11.9 Å². The van der Waals surface area contributed by atoms with Gasteiger partial charge in [0.1, 0.15) is 0 Å². The van der Waals surface area contributed by atoms with Gasteiger partial charge in [-0.3, -0.25) is 4.79 Å². The first-order valence-corrected chi connectivity index (χ1v) is 4.71. The normalized spacial score (nSPS) is 11.4. The first-order valence-electron chi connectivity index (χ1n) is 1.67. The van der Waals surface area contributed by atoms with Gasteiger partial charge < -0.3 is 9.79 Å². The predicted molar refractivity (Wildman–Crippen MR) is 30.3 cm³/mol. The van der Waals surface area contributed by atoms with Crippen LogP contribution in [-0.2, 0) is 9.36 Å². The molecule has 0 saturated carbocycles. The third-order valence-corrected chi connectivity index (χ3v) is 2.23. The SMILES string of the molecule is CC(=O)SP(=O)(O)O. The van der Waals surface area contributed by atoms with Crippen LogP contribution in [0.5, 0.6) is 0 Å². The van der Waals surface area contributed by atoms with Crippen molar-refractivity contribution in [3.63, 3.8) is 0 Å². The van der Waals surface area contributed by atoms with Crippen molar-refractivity contribution in [2.75, 3.05) is 0 Å². The van der Waals surface area contributed by atoms with Gasteiger partial charge in [0.25, 0.3) is 0 Å². The largest absolute Gasteiger partial charge is 0.391 e. The van der Waals surface area contributed by atoms with Crippen LogP contribution in [0.3, 0.4) is 0 Å². The van der Waals surface area contributed by atoms with Crippen molar-refractivity contribution in [2.24, 2.45) is 0 Å². The van der Waals surface area contributed by atoms with Gasteiger partial charge in [0.05, 0.1) is 0 Å². The maximum atomic E-state index is 9.93. The van der Waals surface area contributed by atoms with E-state index in [1.54, 1.807) is 0 Å². The number of hydrogen-bond acceptors (Lipinski definition) is 3. The second-order valence-electron chi connectivity index (χ2n) is 1.07. The van der Waals surface area contributed by atoms with Gasteiger partial charge in [-0.15, -0.1) is 0 Å². The maximum absolute atomic E-state index is 9.93. The fourth-order valence-corrected chi connectivity index (χ4v) is 1.51.